The predicted octanol–water partition coefficient (Wildman–Crippen LogP) is 4.43. The highest BCUT2D eigenvalue weighted by Gasteiger charge is 2.22. The lowest BCUT2D eigenvalue weighted by Crippen LogP contribution is -2.32. The largest absolute Gasteiger partial charge is 0.452 e. The molecule has 0 bridgehead atoms. The molecule has 0 atom stereocenters. The summed E-state index contributed by atoms with van der Waals surface area (Å²) in [6, 6.07) is 18.7. The topological polar surface area (TPSA) is 72.6 Å². The van der Waals surface area contributed by atoms with Crippen LogP contribution in [0.4, 0.5) is 0 Å². The van der Waals surface area contributed by atoms with Crippen LogP contribution in [-0.2, 0) is 9.53 Å². The van der Waals surface area contributed by atoms with E-state index < -0.39 is 5.97 Å². The van der Waals surface area contributed by atoms with E-state index in [1.54, 1.807) is 17.0 Å². The van der Waals surface area contributed by atoms with E-state index in [9.17, 15) is 9.59 Å². The van der Waals surface area contributed by atoms with Crippen LogP contribution in [-0.4, -0.2) is 41.5 Å². The number of rotatable bonds is 4. The molecule has 1 aliphatic heterocycles. The van der Waals surface area contributed by atoms with Gasteiger partial charge in [-0.3, -0.25) is 4.79 Å². The van der Waals surface area contributed by atoms with Gasteiger partial charge in [0.1, 0.15) is 5.52 Å². The van der Waals surface area contributed by atoms with Gasteiger partial charge in [-0.2, -0.15) is 0 Å². The van der Waals surface area contributed by atoms with Crippen molar-refractivity contribution in [2.75, 3.05) is 19.7 Å². The maximum absolute atomic E-state index is 12.9. The molecule has 150 valence electrons. The van der Waals surface area contributed by atoms with E-state index in [1.807, 2.05) is 48.5 Å². The van der Waals surface area contributed by atoms with Crippen molar-refractivity contribution in [1.82, 2.24) is 9.88 Å². The van der Waals surface area contributed by atoms with Crippen LogP contribution in [0.1, 0.15) is 23.2 Å². The van der Waals surface area contributed by atoms with Crippen molar-refractivity contribution in [3.05, 3.63) is 66.2 Å². The maximum Gasteiger partial charge on any atom is 0.339 e. The number of ether oxygens (including phenoxy) is 1. The lowest BCUT2D eigenvalue weighted by Gasteiger charge is -2.15. The molecule has 6 nitrogen and oxygen atoms in total. The fourth-order valence-electron chi connectivity index (χ4n) is 3.94. The number of aromatic nitrogens is 1. The Balaban J connectivity index is 1.51. The first-order valence-electron chi connectivity index (χ1n) is 10.0. The molecule has 0 N–H and O–H groups in total. The zero-order valence-electron chi connectivity index (χ0n) is 16.3. The Morgan fingerprint density at radius 2 is 1.73 bits per heavy atom. The van der Waals surface area contributed by atoms with Gasteiger partial charge in [0.15, 0.2) is 12.2 Å². The number of carbonyl (C=O) groups excluding carboxylic acids is 2. The minimum Gasteiger partial charge on any atom is -0.452 e. The highest BCUT2D eigenvalue weighted by atomic mass is 16.5. The smallest absolute Gasteiger partial charge is 0.339 e. The molecule has 0 saturated carbocycles. The van der Waals surface area contributed by atoms with E-state index in [0.29, 0.717) is 28.0 Å². The number of benzene rings is 3. The van der Waals surface area contributed by atoms with Gasteiger partial charge in [-0.05, 0) is 42.5 Å². The third kappa shape index (κ3) is 3.30. The zero-order chi connectivity index (χ0) is 20.5. The van der Waals surface area contributed by atoms with Crippen LogP contribution in [0, 0.1) is 0 Å². The molecule has 3 aromatic carbocycles. The van der Waals surface area contributed by atoms with E-state index in [4.69, 9.17) is 9.15 Å². The molecule has 0 aliphatic carbocycles. The summed E-state index contributed by atoms with van der Waals surface area (Å²) in [5.74, 6) is -0.243. The average Bonchev–Trinajstić information content (AvgIpc) is 3.46. The first kappa shape index (κ1) is 18.4. The lowest BCUT2D eigenvalue weighted by atomic mass is 9.99. The minimum atomic E-state index is -0.531. The Hall–Kier alpha value is -3.67. The van der Waals surface area contributed by atoms with Crippen LogP contribution in [0.3, 0.4) is 0 Å². The van der Waals surface area contributed by atoms with E-state index in [-0.39, 0.29) is 12.5 Å². The van der Waals surface area contributed by atoms with Gasteiger partial charge in [0.25, 0.3) is 5.91 Å². The quantitative estimate of drug-likeness (QED) is 0.474. The number of esters is 1. The molecule has 2 heterocycles. The third-order valence-corrected chi connectivity index (χ3v) is 5.43. The van der Waals surface area contributed by atoms with Gasteiger partial charge in [0.05, 0.1) is 5.56 Å². The normalized spacial score (nSPS) is 13.8. The van der Waals surface area contributed by atoms with E-state index in [2.05, 4.69) is 4.98 Å². The van der Waals surface area contributed by atoms with E-state index in [1.165, 1.54) is 0 Å². The van der Waals surface area contributed by atoms with E-state index in [0.717, 1.165) is 36.8 Å². The second kappa shape index (κ2) is 7.63. The van der Waals surface area contributed by atoms with Gasteiger partial charge in [-0.25, -0.2) is 9.78 Å². The van der Waals surface area contributed by atoms with Crippen molar-refractivity contribution >= 4 is 33.7 Å². The Labute approximate surface area is 173 Å². The number of nitrogens with zero attached hydrogens (tertiary/aromatic N) is 2. The molecular formula is C24H20N2O4. The number of carbonyl (C=O) groups is 2. The standard InChI is InChI=1S/C24H20N2O4/c27-21(26-13-3-4-14-26)15-29-24(28)18-10-6-8-16-7-5-9-17(22(16)18)23-25-19-11-1-2-12-20(19)30-23/h1-2,5-12H,3-4,13-15H2. The molecule has 30 heavy (non-hydrogen) atoms. The number of para-hydroxylation sites is 2. The molecule has 0 spiro atoms. The van der Waals surface area contributed by atoms with Crippen molar-refractivity contribution < 1.29 is 18.7 Å². The lowest BCUT2D eigenvalue weighted by molar-refractivity contribution is -0.133. The van der Waals surface area contributed by atoms with Crippen molar-refractivity contribution in [1.29, 1.82) is 0 Å². The fourth-order valence-corrected chi connectivity index (χ4v) is 3.94. The highest BCUT2D eigenvalue weighted by molar-refractivity contribution is 6.10. The SMILES string of the molecule is O=C(OCC(=O)N1CCCC1)c1cccc2cccc(-c3nc4ccccc4o3)c12. The Bertz CT molecular complexity index is 1220. The van der Waals surface area contributed by atoms with Gasteiger partial charge in [0, 0.05) is 24.0 Å². The third-order valence-electron chi connectivity index (χ3n) is 5.43. The molecule has 5 rings (SSSR count). The molecular weight excluding hydrogens is 380 g/mol. The molecule has 1 aromatic heterocycles. The number of amides is 1. The summed E-state index contributed by atoms with van der Waals surface area (Å²) in [5, 5.41) is 1.57. The predicted molar refractivity (Wildman–Crippen MR) is 113 cm³/mol. The van der Waals surface area contributed by atoms with Crippen LogP contribution in [0.2, 0.25) is 0 Å². The molecule has 1 aliphatic rings. The number of hydrogen-bond acceptors (Lipinski definition) is 5. The number of oxazole rings is 1. The molecule has 1 amide bonds. The van der Waals surface area contributed by atoms with Crippen molar-refractivity contribution in [2.45, 2.75) is 12.8 Å². The van der Waals surface area contributed by atoms with Crippen LogP contribution in [0.5, 0.6) is 0 Å². The first-order valence-corrected chi connectivity index (χ1v) is 10.0. The van der Waals surface area contributed by atoms with Gasteiger partial charge in [-0.15, -0.1) is 0 Å². The summed E-state index contributed by atoms with van der Waals surface area (Å²) in [5.41, 5.74) is 2.53. The Morgan fingerprint density at radius 1 is 0.967 bits per heavy atom. The average molecular weight is 400 g/mol. The number of fused-ring (bicyclic) bond motifs is 2. The summed E-state index contributed by atoms with van der Waals surface area (Å²) in [4.78, 5) is 31.5. The minimum absolute atomic E-state index is 0.153. The monoisotopic (exact) mass is 400 g/mol. The molecule has 0 unspecified atom stereocenters. The molecule has 6 heteroatoms. The van der Waals surface area contributed by atoms with Gasteiger partial charge in [0.2, 0.25) is 5.89 Å². The maximum atomic E-state index is 12.9. The summed E-state index contributed by atoms with van der Waals surface area (Å²) >= 11 is 0. The number of likely N-dealkylation sites (tertiary alicyclic amines) is 1. The van der Waals surface area contributed by atoms with Crippen LogP contribution in [0.25, 0.3) is 33.3 Å². The summed E-state index contributed by atoms with van der Waals surface area (Å²) in [7, 11) is 0. The second-order valence-electron chi connectivity index (χ2n) is 7.36. The summed E-state index contributed by atoms with van der Waals surface area (Å²) in [6.45, 7) is 1.21. The molecule has 0 radical (unpaired) electrons. The zero-order valence-corrected chi connectivity index (χ0v) is 16.3. The van der Waals surface area contributed by atoms with Crippen LogP contribution >= 0.6 is 0 Å². The summed E-state index contributed by atoms with van der Waals surface area (Å²) in [6.07, 6.45) is 1.99. The van der Waals surface area contributed by atoms with Crippen molar-refractivity contribution in [3.8, 4) is 11.5 Å². The second-order valence-corrected chi connectivity index (χ2v) is 7.36. The van der Waals surface area contributed by atoms with Gasteiger partial charge >= 0.3 is 5.97 Å². The Morgan fingerprint density at radius 3 is 2.53 bits per heavy atom. The van der Waals surface area contributed by atoms with Gasteiger partial charge < -0.3 is 14.1 Å². The van der Waals surface area contributed by atoms with Crippen molar-refractivity contribution in [3.63, 3.8) is 0 Å². The number of hydrogen-bond donors (Lipinski definition) is 0. The molecule has 1 fully saturated rings. The summed E-state index contributed by atoms with van der Waals surface area (Å²) < 4.78 is 11.3. The molecule has 1 saturated heterocycles. The first-order chi connectivity index (χ1) is 14.7. The van der Waals surface area contributed by atoms with Crippen LogP contribution < -0.4 is 0 Å². The van der Waals surface area contributed by atoms with Crippen molar-refractivity contribution in [2.24, 2.45) is 0 Å². The highest BCUT2D eigenvalue weighted by Crippen LogP contribution is 2.33. The molecule has 4 aromatic rings. The Kier molecular flexibility index (Phi) is 4.67. The van der Waals surface area contributed by atoms with Gasteiger partial charge in [-0.1, -0.05) is 36.4 Å². The van der Waals surface area contributed by atoms with Crippen LogP contribution in [0.15, 0.2) is 65.1 Å². The van der Waals surface area contributed by atoms with E-state index >= 15 is 0 Å². The fraction of sp³-hybridized carbons (Fsp3) is 0.208.